The van der Waals surface area contributed by atoms with E-state index in [0.717, 1.165) is 11.3 Å². The van der Waals surface area contributed by atoms with E-state index in [1.165, 1.54) is 11.6 Å². The Labute approximate surface area is 124 Å². The van der Waals surface area contributed by atoms with Crippen LogP contribution in [0.4, 0.5) is 0 Å². The lowest BCUT2D eigenvalue weighted by atomic mass is 10.1. The van der Waals surface area contributed by atoms with Gasteiger partial charge >= 0.3 is 0 Å². The van der Waals surface area contributed by atoms with Crippen molar-refractivity contribution in [3.63, 3.8) is 0 Å². The van der Waals surface area contributed by atoms with Gasteiger partial charge in [-0.3, -0.25) is 4.79 Å². The summed E-state index contributed by atoms with van der Waals surface area (Å²) in [6.45, 7) is 4.22. The maximum atomic E-state index is 10.9. The predicted octanol–water partition coefficient (Wildman–Crippen LogP) is 3.50. The molecule has 0 bridgehead atoms. The molecular formula is C18H18O3. The van der Waals surface area contributed by atoms with Crippen LogP contribution in [0.3, 0.4) is 0 Å². The summed E-state index contributed by atoms with van der Waals surface area (Å²) in [4.78, 5) is 10.9. The highest BCUT2D eigenvalue weighted by Crippen LogP contribution is 2.21. The molecule has 0 N–H and O–H groups in total. The number of rotatable bonds is 8. The number of carbonyl (C=O) groups is 1. The van der Waals surface area contributed by atoms with E-state index in [0.29, 0.717) is 13.2 Å². The smallest absolute Gasteiger partial charge is 0.180 e. The van der Waals surface area contributed by atoms with Crippen LogP contribution in [0.1, 0.15) is 0 Å². The van der Waals surface area contributed by atoms with E-state index in [9.17, 15) is 4.79 Å². The summed E-state index contributed by atoms with van der Waals surface area (Å²) in [5.41, 5.74) is 2.33. The zero-order valence-electron chi connectivity index (χ0n) is 11.8. The minimum atomic E-state index is -0.123. The normalized spacial score (nSPS) is 10.1. The summed E-state index contributed by atoms with van der Waals surface area (Å²) in [6, 6.07) is 18.1. The average Bonchev–Trinajstić information content (AvgIpc) is 2.55. The van der Waals surface area contributed by atoms with Gasteiger partial charge in [0.15, 0.2) is 5.78 Å². The first-order valence-corrected chi connectivity index (χ1v) is 6.81. The highest BCUT2D eigenvalue weighted by molar-refractivity contribution is 5.90. The molecule has 2 aromatic carbocycles. The number of hydrogen-bond donors (Lipinski definition) is 0. The summed E-state index contributed by atoms with van der Waals surface area (Å²) < 4.78 is 10.7. The second-order valence-electron chi connectivity index (χ2n) is 4.46. The van der Waals surface area contributed by atoms with Gasteiger partial charge in [-0.1, -0.05) is 49.0 Å². The minimum Gasteiger partial charge on any atom is -0.491 e. The Morgan fingerprint density at radius 1 is 0.952 bits per heavy atom. The summed E-state index contributed by atoms with van der Waals surface area (Å²) in [7, 11) is 0. The molecule has 0 saturated heterocycles. The molecule has 0 fully saturated rings. The molecule has 2 rings (SSSR count). The highest BCUT2D eigenvalue weighted by atomic mass is 16.5. The van der Waals surface area contributed by atoms with E-state index >= 15 is 0 Å². The molecule has 0 unspecified atom stereocenters. The standard InChI is InChI=1S/C18H18O3/c1-2-17(19)14-20-12-13-21-18-10-8-16(9-11-18)15-6-4-3-5-7-15/h2-11H,1,12-14H2. The van der Waals surface area contributed by atoms with E-state index in [2.05, 4.69) is 18.7 Å². The lowest BCUT2D eigenvalue weighted by Gasteiger charge is -2.07. The molecule has 108 valence electrons. The van der Waals surface area contributed by atoms with Crippen molar-refractivity contribution in [2.45, 2.75) is 0 Å². The number of hydrogen-bond acceptors (Lipinski definition) is 3. The molecule has 0 aromatic heterocycles. The third-order valence-electron chi connectivity index (χ3n) is 2.93. The van der Waals surface area contributed by atoms with Crippen molar-refractivity contribution in [2.24, 2.45) is 0 Å². The fourth-order valence-electron chi connectivity index (χ4n) is 1.82. The van der Waals surface area contributed by atoms with E-state index in [1.54, 1.807) is 0 Å². The van der Waals surface area contributed by atoms with E-state index in [1.807, 2.05) is 42.5 Å². The van der Waals surface area contributed by atoms with Gasteiger partial charge in [-0.15, -0.1) is 0 Å². The Kier molecular flexibility index (Phi) is 5.73. The number of ether oxygens (including phenoxy) is 2. The van der Waals surface area contributed by atoms with Crippen LogP contribution in [0.15, 0.2) is 67.3 Å². The Bertz CT molecular complexity index is 573. The van der Waals surface area contributed by atoms with Gasteiger partial charge < -0.3 is 9.47 Å². The van der Waals surface area contributed by atoms with Gasteiger partial charge in [0.05, 0.1) is 6.61 Å². The van der Waals surface area contributed by atoms with Crippen LogP contribution < -0.4 is 4.74 Å². The fraction of sp³-hybridized carbons (Fsp3) is 0.167. The Hall–Kier alpha value is -2.39. The van der Waals surface area contributed by atoms with Crippen LogP contribution in [0.5, 0.6) is 5.75 Å². The van der Waals surface area contributed by atoms with E-state index < -0.39 is 0 Å². The Morgan fingerprint density at radius 2 is 1.62 bits per heavy atom. The molecule has 21 heavy (non-hydrogen) atoms. The molecule has 0 radical (unpaired) electrons. The van der Waals surface area contributed by atoms with Crippen molar-refractivity contribution in [3.05, 3.63) is 67.3 Å². The summed E-state index contributed by atoms with van der Waals surface area (Å²) in [6.07, 6.45) is 1.25. The zero-order chi connectivity index (χ0) is 14.9. The lowest BCUT2D eigenvalue weighted by molar-refractivity contribution is -0.119. The van der Waals surface area contributed by atoms with Crippen LogP contribution in [-0.4, -0.2) is 25.6 Å². The van der Waals surface area contributed by atoms with Crippen LogP contribution in [0.25, 0.3) is 11.1 Å². The quantitative estimate of drug-likeness (QED) is 0.549. The van der Waals surface area contributed by atoms with Crippen LogP contribution in [-0.2, 0) is 9.53 Å². The molecule has 0 aliphatic carbocycles. The molecule has 0 aliphatic rings. The number of carbonyl (C=O) groups excluding carboxylic acids is 1. The first kappa shape index (κ1) is 15.0. The van der Waals surface area contributed by atoms with Gasteiger partial charge in [-0.25, -0.2) is 0 Å². The molecule has 0 amide bonds. The third kappa shape index (κ3) is 4.89. The number of benzene rings is 2. The SMILES string of the molecule is C=CC(=O)COCCOc1ccc(-c2ccccc2)cc1. The summed E-state index contributed by atoms with van der Waals surface area (Å²) in [5, 5.41) is 0. The van der Waals surface area contributed by atoms with Crippen LogP contribution in [0.2, 0.25) is 0 Å². The van der Waals surface area contributed by atoms with Crippen molar-refractivity contribution < 1.29 is 14.3 Å². The predicted molar refractivity (Wildman–Crippen MR) is 83.4 cm³/mol. The molecule has 0 aliphatic heterocycles. The van der Waals surface area contributed by atoms with Gasteiger partial charge in [0, 0.05) is 0 Å². The number of ketones is 1. The summed E-state index contributed by atoms with van der Waals surface area (Å²) >= 11 is 0. The van der Waals surface area contributed by atoms with Crippen molar-refractivity contribution in [1.29, 1.82) is 0 Å². The molecule has 2 aromatic rings. The van der Waals surface area contributed by atoms with Crippen molar-refractivity contribution in [2.75, 3.05) is 19.8 Å². The largest absolute Gasteiger partial charge is 0.491 e. The second kappa shape index (κ2) is 8.02. The van der Waals surface area contributed by atoms with E-state index in [4.69, 9.17) is 9.47 Å². The zero-order valence-corrected chi connectivity index (χ0v) is 11.8. The highest BCUT2D eigenvalue weighted by Gasteiger charge is 1.99. The molecule has 0 saturated carbocycles. The second-order valence-corrected chi connectivity index (χ2v) is 4.46. The first-order chi connectivity index (χ1) is 10.3. The van der Waals surface area contributed by atoms with Crippen molar-refractivity contribution in [1.82, 2.24) is 0 Å². The monoisotopic (exact) mass is 282 g/mol. The van der Waals surface area contributed by atoms with Gasteiger partial charge in [-0.2, -0.15) is 0 Å². The molecule has 0 heterocycles. The van der Waals surface area contributed by atoms with Crippen LogP contribution >= 0.6 is 0 Å². The maximum absolute atomic E-state index is 10.9. The van der Waals surface area contributed by atoms with Gasteiger partial charge in [0.2, 0.25) is 0 Å². The van der Waals surface area contributed by atoms with Gasteiger partial charge in [0.25, 0.3) is 0 Å². The molecule has 0 spiro atoms. The molecular weight excluding hydrogens is 264 g/mol. The van der Waals surface area contributed by atoms with E-state index in [-0.39, 0.29) is 12.4 Å². The van der Waals surface area contributed by atoms with Crippen LogP contribution in [0, 0.1) is 0 Å². The van der Waals surface area contributed by atoms with Crippen molar-refractivity contribution >= 4 is 5.78 Å². The molecule has 3 nitrogen and oxygen atoms in total. The molecule has 3 heteroatoms. The average molecular weight is 282 g/mol. The van der Waals surface area contributed by atoms with Gasteiger partial charge in [-0.05, 0) is 29.3 Å². The minimum absolute atomic E-state index is 0.0554. The Morgan fingerprint density at radius 3 is 2.29 bits per heavy atom. The fourth-order valence-corrected chi connectivity index (χ4v) is 1.82. The van der Waals surface area contributed by atoms with Crippen molar-refractivity contribution in [3.8, 4) is 16.9 Å². The topological polar surface area (TPSA) is 35.5 Å². The molecule has 0 atom stereocenters. The lowest BCUT2D eigenvalue weighted by Crippen LogP contribution is -2.11. The summed E-state index contributed by atoms with van der Waals surface area (Å²) in [5.74, 6) is 0.663. The van der Waals surface area contributed by atoms with Gasteiger partial charge in [0.1, 0.15) is 19.0 Å². The third-order valence-corrected chi connectivity index (χ3v) is 2.93. The maximum Gasteiger partial charge on any atom is 0.180 e. The first-order valence-electron chi connectivity index (χ1n) is 6.81. The Balaban J connectivity index is 1.78.